The van der Waals surface area contributed by atoms with Crippen LogP contribution in [0.5, 0.6) is 5.75 Å². The Morgan fingerprint density at radius 3 is 2.21 bits per heavy atom. The minimum absolute atomic E-state index is 0.0457. The second-order valence-electron chi connectivity index (χ2n) is 11.9. The van der Waals surface area contributed by atoms with Crippen molar-refractivity contribution in [3.05, 3.63) is 113 Å². The van der Waals surface area contributed by atoms with Crippen molar-refractivity contribution in [1.29, 1.82) is 0 Å². The largest absolute Gasteiger partial charge is 0.482 e. The van der Waals surface area contributed by atoms with Gasteiger partial charge in [0, 0.05) is 26.2 Å². The van der Waals surface area contributed by atoms with Gasteiger partial charge in [-0.2, -0.15) is 0 Å². The van der Waals surface area contributed by atoms with Gasteiger partial charge in [-0.1, -0.05) is 87.5 Å². The highest BCUT2D eigenvalue weighted by Gasteiger charge is 2.32. The molecule has 4 aromatic rings. The summed E-state index contributed by atoms with van der Waals surface area (Å²) in [6.07, 6.45) is 2.36. The molecule has 222 valence electrons. The molecule has 1 aromatic heterocycles. The van der Waals surface area contributed by atoms with Gasteiger partial charge in [-0.05, 0) is 40.7 Å². The summed E-state index contributed by atoms with van der Waals surface area (Å²) in [6.45, 7) is 9.23. The van der Waals surface area contributed by atoms with Gasteiger partial charge in [-0.3, -0.25) is 19.4 Å². The van der Waals surface area contributed by atoms with Crippen LogP contribution in [0.3, 0.4) is 0 Å². The van der Waals surface area contributed by atoms with Gasteiger partial charge >= 0.3 is 0 Å². The zero-order chi connectivity index (χ0) is 30.0. The molecule has 0 bridgehead atoms. The van der Waals surface area contributed by atoms with Crippen LogP contribution >= 0.6 is 0 Å². The van der Waals surface area contributed by atoms with E-state index in [4.69, 9.17) is 9.15 Å². The van der Waals surface area contributed by atoms with E-state index in [0.717, 1.165) is 25.1 Å². The van der Waals surface area contributed by atoms with Crippen molar-refractivity contribution in [2.75, 3.05) is 37.7 Å². The molecule has 6 rings (SSSR count). The number of amides is 2. The summed E-state index contributed by atoms with van der Waals surface area (Å²) in [5, 5.41) is 0. The smallest absolute Gasteiger partial charge is 0.275 e. The van der Waals surface area contributed by atoms with Gasteiger partial charge in [0.15, 0.2) is 12.3 Å². The predicted octanol–water partition coefficient (Wildman–Crippen LogP) is 5.84. The summed E-state index contributed by atoms with van der Waals surface area (Å²) in [5.41, 5.74) is 4.51. The topological polar surface area (TPSA) is 79.1 Å². The Balaban J connectivity index is 1.14. The standard InChI is InChI=1S/C35H38N4O4/c1-4-35(2,3)27-15-16-30-29(21-27)39(32(40)24-42-30)22-31-36-28(23-43-31)34(41)38-19-17-37(18-20-38)33(25-11-7-5-8-12-25)26-13-9-6-10-14-26/h5-16,21,23,33H,4,17-20,22,24H2,1-3H3. The fraction of sp³-hybridized carbons (Fsp3) is 0.343. The fourth-order valence-electron chi connectivity index (χ4n) is 5.85. The van der Waals surface area contributed by atoms with E-state index in [1.54, 1.807) is 4.90 Å². The Labute approximate surface area is 252 Å². The van der Waals surface area contributed by atoms with E-state index in [9.17, 15) is 9.59 Å². The number of fused-ring (bicyclic) bond motifs is 1. The van der Waals surface area contributed by atoms with Crippen molar-refractivity contribution >= 4 is 17.5 Å². The fourth-order valence-corrected chi connectivity index (χ4v) is 5.85. The Bertz CT molecular complexity index is 1540. The number of aromatic nitrogens is 1. The summed E-state index contributed by atoms with van der Waals surface area (Å²) < 4.78 is 11.4. The molecule has 1 saturated heterocycles. The number of hydrogen-bond donors (Lipinski definition) is 0. The molecular formula is C35H38N4O4. The number of carbonyl (C=O) groups excluding carboxylic acids is 2. The van der Waals surface area contributed by atoms with Gasteiger partial charge in [0.05, 0.1) is 11.7 Å². The number of benzene rings is 3. The summed E-state index contributed by atoms with van der Waals surface area (Å²) in [7, 11) is 0. The molecule has 8 heteroatoms. The molecule has 3 heterocycles. The molecule has 3 aromatic carbocycles. The second-order valence-corrected chi connectivity index (χ2v) is 11.9. The number of rotatable bonds is 8. The molecule has 43 heavy (non-hydrogen) atoms. The first-order valence-electron chi connectivity index (χ1n) is 15.0. The zero-order valence-corrected chi connectivity index (χ0v) is 25.0. The van der Waals surface area contributed by atoms with E-state index in [0.29, 0.717) is 30.4 Å². The van der Waals surface area contributed by atoms with Gasteiger partial charge < -0.3 is 14.1 Å². The minimum atomic E-state index is -0.174. The Hall–Kier alpha value is -4.43. The SMILES string of the molecule is CCC(C)(C)c1ccc2c(c1)N(Cc1nc(C(=O)N3CCN(C(c4ccccc4)c4ccccc4)CC3)co1)C(=O)CO2. The maximum absolute atomic E-state index is 13.5. The summed E-state index contributed by atoms with van der Waals surface area (Å²) >= 11 is 0. The Kier molecular flexibility index (Phi) is 8.04. The molecule has 0 radical (unpaired) electrons. The van der Waals surface area contributed by atoms with Crippen LogP contribution in [0.2, 0.25) is 0 Å². The normalized spacial score (nSPS) is 15.9. The maximum atomic E-state index is 13.5. The summed E-state index contributed by atoms with van der Waals surface area (Å²) in [6, 6.07) is 27.1. The van der Waals surface area contributed by atoms with Crippen molar-refractivity contribution in [2.24, 2.45) is 0 Å². The van der Waals surface area contributed by atoms with Gasteiger partial charge in [0.2, 0.25) is 5.89 Å². The monoisotopic (exact) mass is 578 g/mol. The van der Waals surface area contributed by atoms with Crippen molar-refractivity contribution in [1.82, 2.24) is 14.8 Å². The third-order valence-corrected chi connectivity index (χ3v) is 8.83. The lowest BCUT2D eigenvalue weighted by atomic mass is 9.82. The number of ether oxygens (including phenoxy) is 1. The van der Waals surface area contributed by atoms with Crippen LogP contribution in [0.1, 0.15) is 66.3 Å². The second kappa shape index (κ2) is 12.1. The van der Waals surface area contributed by atoms with Gasteiger partial charge in [0.25, 0.3) is 11.8 Å². The molecule has 2 aliphatic heterocycles. The molecule has 0 saturated carbocycles. The third-order valence-electron chi connectivity index (χ3n) is 8.83. The van der Waals surface area contributed by atoms with Gasteiger partial charge in [0.1, 0.15) is 18.6 Å². The van der Waals surface area contributed by atoms with Crippen molar-refractivity contribution < 1.29 is 18.7 Å². The maximum Gasteiger partial charge on any atom is 0.275 e. The van der Waals surface area contributed by atoms with Crippen LogP contribution in [0.15, 0.2) is 89.5 Å². The highest BCUT2D eigenvalue weighted by Crippen LogP contribution is 2.38. The lowest BCUT2D eigenvalue weighted by molar-refractivity contribution is -0.121. The average molecular weight is 579 g/mol. The van der Waals surface area contributed by atoms with Gasteiger partial charge in [-0.25, -0.2) is 4.98 Å². The molecule has 0 atom stereocenters. The summed E-state index contributed by atoms with van der Waals surface area (Å²) in [5.74, 6) is 0.635. The third kappa shape index (κ3) is 5.92. The van der Waals surface area contributed by atoms with Crippen LogP contribution in [-0.2, 0) is 16.8 Å². The van der Waals surface area contributed by atoms with Crippen LogP contribution < -0.4 is 9.64 Å². The Morgan fingerprint density at radius 1 is 0.930 bits per heavy atom. The molecule has 0 N–H and O–H groups in total. The van der Waals surface area contributed by atoms with E-state index in [1.807, 2.05) is 29.2 Å². The van der Waals surface area contributed by atoms with Crippen molar-refractivity contribution in [3.63, 3.8) is 0 Å². The van der Waals surface area contributed by atoms with E-state index in [2.05, 4.69) is 85.3 Å². The van der Waals surface area contributed by atoms with Crippen LogP contribution in [0.25, 0.3) is 0 Å². The number of piperazine rings is 1. The minimum Gasteiger partial charge on any atom is -0.482 e. The first-order chi connectivity index (χ1) is 20.8. The zero-order valence-electron chi connectivity index (χ0n) is 25.0. The molecule has 0 spiro atoms. The van der Waals surface area contributed by atoms with E-state index in [1.165, 1.54) is 17.4 Å². The highest BCUT2D eigenvalue weighted by atomic mass is 16.5. The molecule has 1 fully saturated rings. The molecule has 8 nitrogen and oxygen atoms in total. The number of hydrogen-bond acceptors (Lipinski definition) is 6. The lowest BCUT2D eigenvalue weighted by Crippen LogP contribution is -2.50. The van der Waals surface area contributed by atoms with Crippen LogP contribution in [-0.4, -0.2) is 59.4 Å². The number of anilines is 1. The van der Waals surface area contributed by atoms with Crippen LogP contribution in [0.4, 0.5) is 5.69 Å². The highest BCUT2D eigenvalue weighted by molar-refractivity contribution is 5.98. The van der Waals surface area contributed by atoms with E-state index in [-0.39, 0.29) is 42.1 Å². The van der Waals surface area contributed by atoms with E-state index < -0.39 is 0 Å². The number of oxazole rings is 1. The molecule has 0 aliphatic carbocycles. The molecule has 2 aliphatic rings. The van der Waals surface area contributed by atoms with Crippen molar-refractivity contribution in [3.8, 4) is 5.75 Å². The average Bonchev–Trinajstić information content (AvgIpc) is 3.52. The number of nitrogens with zero attached hydrogens (tertiary/aromatic N) is 4. The molecule has 0 unspecified atom stereocenters. The molecular weight excluding hydrogens is 540 g/mol. The Morgan fingerprint density at radius 2 is 1.58 bits per heavy atom. The first kappa shape index (κ1) is 28.7. The van der Waals surface area contributed by atoms with Crippen molar-refractivity contribution in [2.45, 2.75) is 45.2 Å². The predicted molar refractivity (Wildman–Crippen MR) is 165 cm³/mol. The van der Waals surface area contributed by atoms with E-state index >= 15 is 0 Å². The molecule has 2 amide bonds. The number of carbonyl (C=O) groups is 2. The van der Waals surface area contributed by atoms with Gasteiger partial charge in [-0.15, -0.1) is 0 Å². The first-order valence-corrected chi connectivity index (χ1v) is 15.0. The summed E-state index contributed by atoms with van der Waals surface area (Å²) in [4.78, 5) is 36.8. The quantitative estimate of drug-likeness (QED) is 0.262. The van der Waals surface area contributed by atoms with Crippen LogP contribution in [0, 0.1) is 0 Å². The lowest BCUT2D eigenvalue weighted by Gasteiger charge is -2.39.